The summed E-state index contributed by atoms with van der Waals surface area (Å²) < 4.78 is 5.48. The molecule has 0 aliphatic rings. The number of ether oxygens (including phenoxy) is 1. The molecule has 0 atom stereocenters. The molecule has 0 aromatic heterocycles. The van der Waals surface area contributed by atoms with Crippen LogP contribution < -0.4 is 4.74 Å². The Kier molecular flexibility index (Phi) is 5.42. The van der Waals surface area contributed by atoms with Crippen molar-refractivity contribution in [1.82, 2.24) is 0 Å². The number of hydrogen-bond acceptors (Lipinski definition) is 1. The topological polar surface area (TPSA) is 9.23 Å². The maximum Gasteiger partial charge on any atom is 0.119 e. The Morgan fingerprint density at radius 3 is 2.92 bits per heavy atom. The summed E-state index contributed by atoms with van der Waals surface area (Å²) in [5.74, 6) is 1.65. The summed E-state index contributed by atoms with van der Waals surface area (Å²) in [6, 6.07) is 10.5. The van der Waals surface area contributed by atoms with Crippen molar-refractivity contribution in [2.24, 2.45) is 0 Å². The Labute approximate surface area is 84.7 Å². The molecule has 1 rings (SSSR count). The lowest BCUT2D eigenvalue weighted by atomic mass is 10.3. The molecule has 0 spiro atoms. The average Bonchev–Trinajstić information content (AvgIpc) is 2.19. The summed E-state index contributed by atoms with van der Waals surface area (Å²) in [5, 5.41) is 0. The van der Waals surface area contributed by atoms with E-state index >= 15 is 0 Å². The largest absolute Gasteiger partial charge is 0.494 e. The number of rotatable bonds is 6. The van der Waals surface area contributed by atoms with Gasteiger partial charge in [0.25, 0.3) is 0 Å². The minimum absolute atomic E-state index is 0.749. The van der Waals surface area contributed by atoms with Crippen LogP contribution in [0.1, 0.15) is 19.3 Å². The zero-order valence-corrected chi connectivity index (χ0v) is 8.39. The molecular weight excluding hydrogens is 184 g/mol. The van der Waals surface area contributed by atoms with Crippen molar-refractivity contribution in [2.45, 2.75) is 19.3 Å². The number of halogens is 1. The number of benzene rings is 1. The van der Waals surface area contributed by atoms with Crippen molar-refractivity contribution >= 4 is 11.6 Å². The average molecular weight is 198 g/mol. The van der Waals surface area contributed by atoms with Crippen LogP contribution in [0.25, 0.3) is 0 Å². The zero-order valence-electron chi connectivity index (χ0n) is 7.63. The molecule has 1 aromatic carbocycles. The second-order valence-corrected chi connectivity index (χ2v) is 3.22. The van der Waals surface area contributed by atoms with Crippen LogP contribution in [0.5, 0.6) is 5.75 Å². The van der Waals surface area contributed by atoms with E-state index in [0.29, 0.717) is 0 Å². The molecule has 0 fully saturated rings. The maximum absolute atomic E-state index is 5.55. The van der Waals surface area contributed by atoms with E-state index in [1.54, 1.807) is 0 Å². The van der Waals surface area contributed by atoms with Crippen LogP contribution in [0.15, 0.2) is 24.3 Å². The van der Waals surface area contributed by atoms with E-state index < -0.39 is 0 Å². The normalized spacial score (nSPS) is 9.92. The molecule has 1 radical (unpaired) electrons. The van der Waals surface area contributed by atoms with Crippen LogP contribution >= 0.6 is 11.6 Å². The fourth-order valence-corrected chi connectivity index (χ4v) is 1.22. The first-order valence-corrected chi connectivity index (χ1v) is 5.12. The SMILES string of the molecule is ClCCCCCOc1c[c]ccc1. The third-order valence-electron chi connectivity index (χ3n) is 1.73. The monoisotopic (exact) mass is 197 g/mol. The van der Waals surface area contributed by atoms with Crippen LogP contribution in [0.3, 0.4) is 0 Å². The van der Waals surface area contributed by atoms with Crippen LogP contribution in [0.2, 0.25) is 0 Å². The maximum atomic E-state index is 5.55. The van der Waals surface area contributed by atoms with Crippen LogP contribution in [-0.2, 0) is 0 Å². The molecule has 0 saturated carbocycles. The fourth-order valence-electron chi connectivity index (χ4n) is 1.03. The molecule has 0 N–H and O–H groups in total. The van der Waals surface area contributed by atoms with Gasteiger partial charge in [-0.05, 0) is 37.5 Å². The Balaban J connectivity index is 2.07. The first-order chi connectivity index (χ1) is 6.43. The van der Waals surface area contributed by atoms with Gasteiger partial charge in [0.2, 0.25) is 0 Å². The highest BCUT2D eigenvalue weighted by atomic mass is 35.5. The zero-order chi connectivity index (χ0) is 9.36. The minimum Gasteiger partial charge on any atom is -0.494 e. The van der Waals surface area contributed by atoms with Crippen molar-refractivity contribution in [2.75, 3.05) is 12.5 Å². The third-order valence-corrected chi connectivity index (χ3v) is 1.99. The molecule has 0 bridgehead atoms. The summed E-state index contributed by atoms with van der Waals surface area (Å²) in [6.07, 6.45) is 3.29. The van der Waals surface area contributed by atoms with E-state index in [4.69, 9.17) is 16.3 Å². The number of alkyl halides is 1. The first-order valence-electron chi connectivity index (χ1n) is 4.58. The number of unbranched alkanes of at least 4 members (excludes halogenated alkanes) is 2. The lowest BCUT2D eigenvalue weighted by molar-refractivity contribution is 0.306. The second kappa shape index (κ2) is 6.79. The highest BCUT2D eigenvalue weighted by molar-refractivity contribution is 6.17. The van der Waals surface area contributed by atoms with Gasteiger partial charge in [-0.3, -0.25) is 0 Å². The lowest BCUT2D eigenvalue weighted by Gasteiger charge is -2.04. The van der Waals surface area contributed by atoms with Gasteiger partial charge in [-0.25, -0.2) is 0 Å². The van der Waals surface area contributed by atoms with Gasteiger partial charge in [-0.1, -0.05) is 12.1 Å². The van der Waals surface area contributed by atoms with E-state index in [1.165, 1.54) is 0 Å². The van der Waals surface area contributed by atoms with E-state index in [9.17, 15) is 0 Å². The molecule has 0 aliphatic carbocycles. The van der Waals surface area contributed by atoms with Crippen LogP contribution in [-0.4, -0.2) is 12.5 Å². The Hall–Kier alpha value is -0.690. The summed E-state index contributed by atoms with van der Waals surface area (Å²) in [6.45, 7) is 0.773. The Morgan fingerprint density at radius 1 is 1.31 bits per heavy atom. The Morgan fingerprint density at radius 2 is 2.23 bits per heavy atom. The van der Waals surface area contributed by atoms with E-state index in [2.05, 4.69) is 6.07 Å². The molecule has 13 heavy (non-hydrogen) atoms. The van der Waals surface area contributed by atoms with Gasteiger partial charge in [0.1, 0.15) is 5.75 Å². The number of hydrogen-bond donors (Lipinski definition) is 0. The van der Waals surface area contributed by atoms with E-state index in [-0.39, 0.29) is 0 Å². The van der Waals surface area contributed by atoms with Gasteiger partial charge in [0.15, 0.2) is 0 Å². The summed E-state index contributed by atoms with van der Waals surface area (Å²) in [7, 11) is 0. The predicted molar refractivity (Wildman–Crippen MR) is 55.3 cm³/mol. The fraction of sp³-hybridized carbons (Fsp3) is 0.455. The molecule has 1 aromatic rings. The van der Waals surface area contributed by atoms with Gasteiger partial charge in [-0.2, -0.15) is 0 Å². The summed E-state index contributed by atoms with van der Waals surface area (Å²) in [5.41, 5.74) is 0. The summed E-state index contributed by atoms with van der Waals surface area (Å²) >= 11 is 5.55. The molecule has 0 unspecified atom stereocenters. The van der Waals surface area contributed by atoms with Gasteiger partial charge < -0.3 is 4.74 Å². The highest BCUT2D eigenvalue weighted by Crippen LogP contribution is 2.08. The van der Waals surface area contributed by atoms with Gasteiger partial charge in [-0.15, -0.1) is 11.6 Å². The molecule has 0 saturated heterocycles. The first kappa shape index (κ1) is 10.4. The van der Waals surface area contributed by atoms with Crippen molar-refractivity contribution < 1.29 is 4.74 Å². The molecular formula is C11H14ClO. The standard InChI is InChI=1S/C11H14ClO/c12-9-5-2-6-10-13-11-7-3-1-4-8-11/h1,3,7-8H,2,5-6,9-10H2. The van der Waals surface area contributed by atoms with Crippen molar-refractivity contribution in [1.29, 1.82) is 0 Å². The molecule has 2 heteroatoms. The van der Waals surface area contributed by atoms with Gasteiger partial charge >= 0.3 is 0 Å². The smallest absolute Gasteiger partial charge is 0.119 e. The van der Waals surface area contributed by atoms with Crippen LogP contribution in [0, 0.1) is 6.07 Å². The summed E-state index contributed by atoms with van der Waals surface area (Å²) in [4.78, 5) is 0. The molecule has 71 valence electrons. The second-order valence-electron chi connectivity index (χ2n) is 2.84. The van der Waals surface area contributed by atoms with E-state index in [0.717, 1.165) is 37.5 Å². The van der Waals surface area contributed by atoms with E-state index in [1.807, 2.05) is 24.3 Å². The third kappa shape index (κ3) is 4.79. The van der Waals surface area contributed by atoms with Crippen molar-refractivity contribution in [3.8, 4) is 5.75 Å². The lowest BCUT2D eigenvalue weighted by Crippen LogP contribution is -1.96. The van der Waals surface area contributed by atoms with Crippen molar-refractivity contribution in [3.05, 3.63) is 30.3 Å². The quantitative estimate of drug-likeness (QED) is 0.503. The Bertz CT molecular complexity index is 211. The molecule has 0 heterocycles. The highest BCUT2D eigenvalue weighted by Gasteiger charge is 1.91. The minimum atomic E-state index is 0.749. The molecule has 1 nitrogen and oxygen atoms in total. The molecule has 0 aliphatic heterocycles. The molecule has 0 amide bonds. The van der Waals surface area contributed by atoms with Gasteiger partial charge in [0.05, 0.1) is 6.61 Å². The van der Waals surface area contributed by atoms with Gasteiger partial charge in [0, 0.05) is 5.88 Å². The van der Waals surface area contributed by atoms with Crippen molar-refractivity contribution in [3.63, 3.8) is 0 Å². The van der Waals surface area contributed by atoms with Crippen LogP contribution in [0.4, 0.5) is 0 Å². The predicted octanol–water partition coefficient (Wildman–Crippen LogP) is 3.27.